The summed E-state index contributed by atoms with van der Waals surface area (Å²) < 4.78 is 15.8. The Hall–Kier alpha value is -4.06. The molecule has 132 valence electrons. The Morgan fingerprint density at radius 2 is 2.00 bits per heavy atom. The topological polar surface area (TPSA) is 132 Å². The van der Waals surface area contributed by atoms with Crippen LogP contribution in [0.1, 0.15) is 11.1 Å². The highest BCUT2D eigenvalue weighted by Gasteiger charge is 2.16. The van der Waals surface area contributed by atoms with Crippen molar-refractivity contribution in [2.24, 2.45) is 0 Å². The number of nitrogen functional groups attached to an aromatic ring is 2. The lowest BCUT2D eigenvalue weighted by Crippen LogP contribution is -2.05. The molecule has 0 atom stereocenters. The molecule has 9 heteroatoms. The van der Waals surface area contributed by atoms with Crippen LogP contribution >= 0.6 is 0 Å². The van der Waals surface area contributed by atoms with Gasteiger partial charge in [0, 0.05) is 29.2 Å². The normalized spacial score (nSPS) is 10.8. The number of nitrogens with two attached hydrogens (primary N) is 2. The largest absolute Gasteiger partial charge is 0.399 e. The Balaban J connectivity index is 1.84. The Bertz CT molecular complexity index is 1210. The summed E-state index contributed by atoms with van der Waals surface area (Å²) in [5, 5.41) is 9.08. The van der Waals surface area contributed by atoms with Crippen molar-refractivity contribution in [1.82, 2.24) is 24.5 Å². The zero-order valence-corrected chi connectivity index (χ0v) is 14.0. The molecule has 0 fully saturated rings. The number of nitriles is 1. The molecule has 27 heavy (non-hydrogen) atoms. The molecule has 8 nitrogen and oxygen atoms in total. The van der Waals surface area contributed by atoms with Gasteiger partial charge in [-0.3, -0.25) is 4.98 Å². The zero-order valence-electron chi connectivity index (χ0n) is 14.0. The Morgan fingerprint density at radius 1 is 1.15 bits per heavy atom. The van der Waals surface area contributed by atoms with Crippen molar-refractivity contribution in [2.75, 3.05) is 11.5 Å². The van der Waals surface area contributed by atoms with Gasteiger partial charge >= 0.3 is 0 Å². The highest BCUT2D eigenvalue weighted by atomic mass is 19.1. The number of nitrogens with zero attached hydrogens (tertiary/aromatic N) is 6. The van der Waals surface area contributed by atoms with Gasteiger partial charge in [0.15, 0.2) is 5.65 Å². The molecule has 0 saturated carbocycles. The van der Waals surface area contributed by atoms with Crippen LogP contribution in [-0.2, 0) is 6.54 Å². The number of pyridine rings is 1. The van der Waals surface area contributed by atoms with E-state index in [0.717, 1.165) is 0 Å². The molecule has 1 aromatic carbocycles. The summed E-state index contributed by atoms with van der Waals surface area (Å²) >= 11 is 0. The third kappa shape index (κ3) is 3.00. The molecule has 0 amide bonds. The molecule has 4 aromatic rings. The fraction of sp³-hybridized carbons (Fsp3) is 0.0556. The fourth-order valence-corrected chi connectivity index (χ4v) is 2.78. The number of hydrogen-bond acceptors (Lipinski definition) is 7. The summed E-state index contributed by atoms with van der Waals surface area (Å²) in [6.07, 6.45) is 4.56. The van der Waals surface area contributed by atoms with Gasteiger partial charge in [-0.25, -0.2) is 14.4 Å². The van der Waals surface area contributed by atoms with Gasteiger partial charge in [-0.15, -0.1) is 0 Å². The average Bonchev–Trinajstić information content (AvgIpc) is 3.06. The smallest absolute Gasteiger partial charge is 0.222 e. The van der Waals surface area contributed by atoms with Crippen LogP contribution < -0.4 is 11.5 Å². The number of halogens is 1. The van der Waals surface area contributed by atoms with Crippen LogP contribution in [0.15, 0.2) is 43.0 Å². The maximum absolute atomic E-state index is 14.1. The van der Waals surface area contributed by atoms with E-state index in [9.17, 15) is 4.39 Å². The molecule has 0 bridgehead atoms. The van der Waals surface area contributed by atoms with Crippen molar-refractivity contribution in [3.8, 4) is 17.3 Å². The van der Waals surface area contributed by atoms with Crippen molar-refractivity contribution in [3.63, 3.8) is 0 Å². The number of imidazole rings is 1. The summed E-state index contributed by atoms with van der Waals surface area (Å²) in [5.41, 5.74) is 14.6. The van der Waals surface area contributed by atoms with Gasteiger partial charge < -0.3 is 16.0 Å². The first-order valence-corrected chi connectivity index (χ1v) is 7.93. The molecule has 4 rings (SSSR count). The number of fused-ring (bicyclic) bond motifs is 1. The van der Waals surface area contributed by atoms with Gasteiger partial charge in [-0.1, -0.05) is 6.07 Å². The first-order valence-electron chi connectivity index (χ1n) is 7.93. The Morgan fingerprint density at radius 3 is 2.78 bits per heavy atom. The number of hydrogen-bond donors (Lipinski definition) is 2. The maximum atomic E-state index is 14.1. The summed E-state index contributed by atoms with van der Waals surface area (Å²) in [5.74, 6) is -0.371. The lowest BCUT2D eigenvalue weighted by molar-refractivity contribution is 0.602. The van der Waals surface area contributed by atoms with Gasteiger partial charge in [0.2, 0.25) is 5.95 Å². The molecule has 0 unspecified atom stereocenters. The van der Waals surface area contributed by atoms with Crippen molar-refractivity contribution in [1.29, 1.82) is 5.26 Å². The number of aromatic nitrogens is 5. The minimum absolute atomic E-state index is 0.0411. The van der Waals surface area contributed by atoms with Gasteiger partial charge in [0.25, 0.3) is 0 Å². The third-order valence-corrected chi connectivity index (χ3v) is 4.04. The lowest BCUT2D eigenvalue weighted by atomic mass is 10.1. The molecule has 3 aromatic heterocycles. The van der Waals surface area contributed by atoms with Crippen LogP contribution in [0.3, 0.4) is 0 Å². The van der Waals surface area contributed by atoms with Crippen LogP contribution in [-0.4, -0.2) is 24.5 Å². The Kier molecular flexibility index (Phi) is 3.86. The van der Waals surface area contributed by atoms with E-state index in [1.54, 1.807) is 35.3 Å². The number of benzene rings is 1. The zero-order chi connectivity index (χ0) is 19.0. The van der Waals surface area contributed by atoms with Gasteiger partial charge in [0.1, 0.15) is 23.1 Å². The molecule has 0 aliphatic heterocycles. The molecule has 0 radical (unpaired) electrons. The van der Waals surface area contributed by atoms with Gasteiger partial charge in [0.05, 0.1) is 18.4 Å². The predicted molar refractivity (Wildman–Crippen MR) is 97.6 cm³/mol. The third-order valence-electron chi connectivity index (χ3n) is 4.04. The second-order valence-corrected chi connectivity index (χ2v) is 5.90. The minimum atomic E-state index is -0.412. The molecule has 0 spiro atoms. The van der Waals surface area contributed by atoms with Crippen molar-refractivity contribution in [3.05, 3.63) is 59.9 Å². The summed E-state index contributed by atoms with van der Waals surface area (Å²) in [7, 11) is 0. The molecule has 0 saturated heterocycles. The molecule has 3 heterocycles. The van der Waals surface area contributed by atoms with E-state index in [-0.39, 0.29) is 12.5 Å². The predicted octanol–water partition coefficient (Wildman–Crippen LogP) is 2.11. The van der Waals surface area contributed by atoms with Crippen LogP contribution in [0.5, 0.6) is 0 Å². The van der Waals surface area contributed by atoms with E-state index in [0.29, 0.717) is 39.2 Å². The van der Waals surface area contributed by atoms with Crippen LogP contribution in [0.2, 0.25) is 0 Å². The fourth-order valence-electron chi connectivity index (χ4n) is 2.78. The van der Waals surface area contributed by atoms with Crippen LogP contribution in [0.25, 0.3) is 22.4 Å². The van der Waals surface area contributed by atoms with E-state index in [1.807, 2.05) is 6.07 Å². The molecule has 4 N–H and O–H groups in total. The monoisotopic (exact) mass is 360 g/mol. The van der Waals surface area contributed by atoms with Gasteiger partial charge in [-0.2, -0.15) is 10.2 Å². The van der Waals surface area contributed by atoms with Crippen molar-refractivity contribution < 1.29 is 4.39 Å². The number of rotatable bonds is 3. The highest BCUT2D eigenvalue weighted by Crippen LogP contribution is 2.26. The highest BCUT2D eigenvalue weighted by molar-refractivity contribution is 5.88. The summed E-state index contributed by atoms with van der Waals surface area (Å²) in [6, 6.07) is 8.19. The Labute approximate surface area is 152 Å². The van der Waals surface area contributed by atoms with E-state index < -0.39 is 5.82 Å². The second-order valence-electron chi connectivity index (χ2n) is 5.90. The molecule has 0 aliphatic carbocycles. The summed E-state index contributed by atoms with van der Waals surface area (Å²) in [6.45, 7) is 0.203. The average molecular weight is 360 g/mol. The second kappa shape index (κ2) is 6.34. The molecular formula is C18H13FN8. The quantitative estimate of drug-likeness (QED) is 0.535. The maximum Gasteiger partial charge on any atom is 0.222 e. The standard InChI is InChI=1S/C18H13FN8/c19-14-4-13(21)2-1-11(14)8-27-9-24-16-15(25-18(22)26-17(16)27)12-3-10(5-20)6-23-7-12/h1-4,6-7,9H,8,21H2,(H2,22,25,26). The van der Waals surface area contributed by atoms with E-state index in [4.69, 9.17) is 16.7 Å². The van der Waals surface area contributed by atoms with Crippen molar-refractivity contribution in [2.45, 2.75) is 6.54 Å². The first kappa shape index (κ1) is 16.4. The minimum Gasteiger partial charge on any atom is -0.399 e. The van der Waals surface area contributed by atoms with Crippen molar-refractivity contribution >= 4 is 22.8 Å². The lowest BCUT2D eigenvalue weighted by Gasteiger charge is -2.08. The first-order chi connectivity index (χ1) is 13.0. The molecule has 0 aliphatic rings. The number of anilines is 2. The van der Waals surface area contributed by atoms with Gasteiger partial charge in [-0.05, 0) is 18.2 Å². The van der Waals surface area contributed by atoms with E-state index in [1.165, 1.54) is 12.3 Å². The van der Waals surface area contributed by atoms with E-state index >= 15 is 0 Å². The van der Waals surface area contributed by atoms with E-state index in [2.05, 4.69) is 19.9 Å². The summed E-state index contributed by atoms with van der Waals surface area (Å²) in [4.78, 5) is 16.9. The van der Waals surface area contributed by atoms with Crippen LogP contribution in [0, 0.1) is 17.1 Å². The molecular weight excluding hydrogens is 347 g/mol. The van der Waals surface area contributed by atoms with Crippen LogP contribution in [0.4, 0.5) is 16.0 Å². The SMILES string of the molecule is N#Cc1cncc(-c2nc(N)nc3c2ncn3Cc2ccc(N)cc2F)c1.